The minimum Gasteiger partial charge on any atom is -0.363 e. The van der Waals surface area contributed by atoms with Crippen LogP contribution in [0.5, 0.6) is 0 Å². The second-order valence-corrected chi connectivity index (χ2v) is 8.25. The van der Waals surface area contributed by atoms with Crippen molar-refractivity contribution in [1.82, 2.24) is 0 Å². The number of hydrogen-bond donors (Lipinski definition) is 1. The number of benzene rings is 2. The molecule has 5 heteroatoms. The molecular weight excluding hydrogens is 389 g/mol. The molecule has 1 amide bonds. The van der Waals surface area contributed by atoms with Crippen LogP contribution in [0, 0.1) is 17.1 Å². The molecule has 4 nitrogen and oxygen atoms in total. The van der Waals surface area contributed by atoms with Crippen LogP contribution in [0.1, 0.15) is 51.3 Å². The molecule has 2 aromatic carbocycles. The Morgan fingerprint density at radius 3 is 2.61 bits per heavy atom. The zero-order valence-corrected chi connectivity index (χ0v) is 18.7. The number of nitriles is 1. The van der Waals surface area contributed by atoms with E-state index in [2.05, 4.69) is 30.1 Å². The predicted octanol–water partition coefficient (Wildman–Crippen LogP) is 5.96. The summed E-state index contributed by atoms with van der Waals surface area (Å²) < 4.78 is 15.0. The van der Waals surface area contributed by atoms with Gasteiger partial charge in [0.2, 0.25) is 0 Å². The molecule has 0 saturated carbocycles. The summed E-state index contributed by atoms with van der Waals surface area (Å²) in [5, 5.41) is 12.3. The van der Waals surface area contributed by atoms with E-state index in [1.807, 2.05) is 45.0 Å². The third-order valence-electron chi connectivity index (χ3n) is 5.72. The second kappa shape index (κ2) is 8.77. The Hall–Kier alpha value is -3.39. The van der Waals surface area contributed by atoms with Crippen LogP contribution in [0.15, 0.2) is 48.0 Å². The summed E-state index contributed by atoms with van der Waals surface area (Å²) in [5.41, 5.74) is 4.24. The molecule has 0 fully saturated rings. The molecule has 0 radical (unpaired) electrons. The Kier molecular flexibility index (Phi) is 6.31. The molecular formula is C26H28FN3O. The first-order valence-corrected chi connectivity index (χ1v) is 10.5. The van der Waals surface area contributed by atoms with E-state index in [4.69, 9.17) is 0 Å². The molecule has 0 saturated heterocycles. The monoisotopic (exact) mass is 417 g/mol. The quantitative estimate of drug-likeness (QED) is 0.483. The number of likely N-dealkylation sites (N-methyl/N-ethyl adjacent to an activating group) is 1. The molecule has 0 aliphatic carbocycles. The van der Waals surface area contributed by atoms with Gasteiger partial charge in [-0.25, -0.2) is 4.39 Å². The van der Waals surface area contributed by atoms with Crippen molar-refractivity contribution < 1.29 is 9.18 Å². The highest BCUT2D eigenvalue weighted by Crippen LogP contribution is 2.40. The van der Waals surface area contributed by atoms with E-state index in [9.17, 15) is 10.1 Å². The number of hydrogen-bond acceptors (Lipinski definition) is 3. The van der Waals surface area contributed by atoms with Crippen LogP contribution < -0.4 is 10.2 Å². The van der Waals surface area contributed by atoms with Crippen molar-refractivity contribution in [3.8, 4) is 6.07 Å². The van der Waals surface area contributed by atoms with E-state index >= 15 is 4.39 Å². The highest BCUT2D eigenvalue weighted by atomic mass is 19.1. The second-order valence-electron chi connectivity index (χ2n) is 8.25. The predicted molar refractivity (Wildman–Crippen MR) is 125 cm³/mol. The van der Waals surface area contributed by atoms with Crippen molar-refractivity contribution >= 4 is 28.9 Å². The molecule has 0 spiro atoms. The fraction of sp³-hybridized carbons (Fsp3) is 0.308. The van der Waals surface area contributed by atoms with Crippen molar-refractivity contribution in [3.63, 3.8) is 0 Å². The maximum Gasteiger partial charge on any atom is 0.266 e. The summed E-state index contributed by atoms with van der Waals surface area (Å²) in [4.78, 5) is 14.9. The van der Waals surface area contributed by atoms with Crippen LogP contribution >= 0.6 is 0 Å². The lowest BCUT2D eigenvalue weighted by atomic mass is 9.87. The Morgan fingerprint density at radius 1 is 1.26 bits per heavy atom. The number of carbonyl (C=O) groups is 1. The van der Waals surface area contributed by atoms with Gasteiger partial charge in [0.15, 0.2) is 0 Å². The Labute approximate surface area is 183 Å². The minimum absolute atomic E-state index is 0.144. The van der Waals surface area contributed by atoms with Crippen LogP contribution in [0.3, 0.4) is 0 Å². The van der Waals surface area contributed by atoms with E-state index < -0.39 is 11.7 Å². The van der Waals surface area contributed by atoms with Crippen molar-refractivity contribution in [2.45, 2.75) is 46.6 Å². The molecule has 1 aliphatic rings. The molecule has 160 valence electrons. The number of nitrogens with one attached hydrogen (secondary N) is 1. The molecule has 0 atom stereocenters. The molecule has 3 rings (SSSR count). The highest BCUT2D eigenvalue weighted by Gasteiger charge is 2.31. The number of fused-ring (bicyclic) bond motifs is 1. The third kappa shape index (κ3) is 4.39. The maximum absolute atomic E-state index is 15.0. The number of anilines is 2. The Balaban J connectivity index is 2.00. The van der Waals surface area contributed by atoms with Gasteiger partial charge in [-0.1, -0.05) is 31.2 Å². The first kappa shape index (κ1) is 22.3. The van der Waals surface area contributed by atoms with Gasteiger partial charge in [-0.05, 0) is 69.5 Å². The molecule has 1 aliphatic heterocycles. The summed E-state index contributed by atoms with van der Waals surface area (Å²) in [6.07, 6.45) is 4.23. The molecule has 1 N–H and O–H groups in total. The Bertz CT molecular complexity index is 1120. The summed E-state index contributed by atoms with van der Waals surface area (Å²) in [7, 11) is 0. The minimum atomic E-state index is -0.552. The third-order valence-corrected chi connectivity index (χ3v) is 5.72. The lowest BCUT2D eigenvalue weighted by Crippen LogP contribution is -2.45. The zero-order chi connectivity index (χ0) is 22.8. The van der Waals surface area contributed by atoms with Gasteiger partial charge in [0.25, 0.3) is 5.91 Å². The van der Waals surface area contributed by atoms with E-state index in [1.54, 1.807) is 12.1 Å². The summed E-state index contributed by atoms with van der Waals surface area (Å²) in [6.45, 7) is 11.0. The fourth-order valence-corrected chi connectivity index (χ4v) is 4.25. The molecule has 0 aromatic heterocycles. The first-order chi connectivity index (χ1) is 14.7. The van der Waals surface area contributed by atoms with Gasteiger partial charge in [-0.2, -0.15) is 5.26 Å². The van der Waals surface area contributed by atoms with Crippen LogP contribution in [0.25, 0.3) is 11.6 Å². The van der Waals surface area contributed by atoms with Crippen molar-refractivity contribution in [3.05, 3.63) is 70.6 Å². The van der Waals surface area contributed by atoms with Gasteiger partial charge in [0.1, 0.15) is 17.5 Å². The largest absolute Gasteiger partial charge is 0.363 e. The molecule has 0 unspecified atom stereocenters. The SMILES string of the molecule is CCc1ccccc1NC(=O)/C(C#N)=C/c1cc2c(cc1F)N(CC)C(C)(C)C=C2C. The van der Waals surface area contributed by atoms with Crippen molar-refractivity contribution in [1.29, 1.82) is 5.26 Å². The summed E-state index contributed by atoms with van der Waals surface area (Å²) in [5.74, 6) is -1.01. The first-order valence-electron chi connectivity index (χ1n) is 10.5. The van der Waals surface area contributed by atoms with Crippen LogP contribution in [-0.2, 0) is 11.2 Å². The number of aryl methyl sites for hydroxylation is 1. The maximum atomic E-state index is 15.0. The van der Waals surface area contributed by atoms with Crippen molar-refractivity contribution in [2.24, 2.45) is 0 Å². The average Bonchev–Trinajstić information content (AvgIpc) is 2.72. The van der Waals surface area contributed by atoms with Gasteiger partial charge in [-0.15, -0.1) is 0 Å². The normalized spacial score (nSPS) is 15.1. The molecule has 1 heterocycles. The number of amides is 1. The number of rotatable bonds is 5. The van der Waals surface area contributed by atoms with Gasteiger partial charge >= 0.3 is 0 Å². The van der Waals surface area contributed by atoms with Gasteiger partial charge in [0.05, 0.1) is 5.54 Å². The van der Waals surface area contributed by atoms with E-state index in [-0.39, 0.29) is 16.7 Å². The van der Waals surface area contributed by atoms with Gasteiger partial charge in [0, 0.05) is 29.0 Å². The van der Waals surface area contributed by atoms with Gasteiger partial charge < -0.3 is 10.2 Å². The number of halogens is 1. The standard InChI is InChI=1S/C26H28FN3O/c1-6-18-10-8-9-11-23(18)29-25(31)20(16-28)12-19-13-21-17(3)15-26(4,5)30(7-2)24(21)14-22(19)27/h8-15H,6-7H2,1-5H3,(H,29,31)/b20-12+. The highest BCUT2D eigenvalue weighted by molar-refractivity contribution is 6.10. The molecule has 2 aromatic rings. The number of carbonyl (C=O) groups excluding carboxylic acids is 1. The van der Waals surface area contributed by atoms with E-state index in [1.165, 1.54) is 12.1 Å². The smallest absolute Gasteiger partial charge is 0.266 e. The lowest BCUT2D eigenvalue weighted by Gasteiger charge is -2.42. The lowest BCUT2D eigenvalue weighted by molar-refractivity contribution is -0.112. The van der Waals surface area contributed by atoms with Gasteiger partial charge in [-0.3, -0.25) is 4.79 Å². The van der Waals surface area contributed by atoms with Crippen molar-refractivity contribution in [2.75, 3.05) is 16.8 Å². The summed E-state index contributed by atoms with van der Waals surface area (Å²) >= 11 is 0. The number of para-hydroxylation sites is 1. The van der Waals surface area contributed by atoms with E-state index in [0.717, 1.165) is 35.4 Å². The number of nitrogens with zero attached hydrogens (tertiary/aromatic N) is 2. The summed E-state index contributed by atoms with van der Waals surface area (Å²) in [6, 6.07) is 12.6. The number of allylic oxidation sites excluding steroid dienone is 1. The molecule has 0 bridgehead atoms. The molecule has 31 heavy (non-hydrogen) atoms. The van der Waals surface area contributed by atoms with Crippen LogP contribution in [0.4, 0.5) is 15.8 Å². The van der Waals surface area contributed by atoms with Crippen LogP contribution in [0.2, 0.25) is 0 Å². The average molecular weight is 418 g/mol. The Morgan fingerprint density at radius 2 is 1.97 bits per heavy atom. The van der Waals surface area contributed by atoms with Crippen LogP contribution in [-0.4, -0.2) is 18.0 Å². The fourth-order valence-electron chi connectivity index (χ4n) is 4.25. The van der Waals surface area contributed by atoms with E-state index in [0.29, 0.717) is 5.69 Å². The zero-order valence-electron chi connectivity index (χ0n) is 18.7. The topological polar surface area (TPSA) is 56.1 Å².